The number of nitro benzene ring substituents is 1. The number of hydrogen-bond acceptors (Lipinski definition) is 6. The fraction of sp³-hybridized carbons (Fsp3) is 0.167. The summed E-state index contributed by atoms with van der Waals surface area (Å²) in [6.45, 7) is 1.20. The van der Waals surface area contributed by atoms with Crippen LogP contribution in [0.15, 0.2) is 35.6 Å². The molecule has 0 radical (unpaired) electrons. The number of Topliss-reactive ketones (excluding diaryl/α,β-unsaturated/α-hetero) is 1. The highest BCUT2D eigenvalue weighted by molar-refractivity contribution is 6.05. The molecule has 7 heteroatoms. The van der Waals surface area contributed by atoms with Crippen molar-refractivity contribution in [2.45, 2.75) is 13.0 Å². The molecule has 0 amide bonds. The lowest BCUT2D eigenvalue weighted by molar-refractivity contribution is -0.384. The Hall–Kier alpha value is -2.70. The van der Waals surface area contributed by atoms with Gasteiger partial charge in [-0.1, -0.05) is 0 Å². The number of cyclic esters (lactones) is 1. The molecule has 0 spiro atoms. The normalized spacial score (nSPS) is 18.4. The quantitative estimate of drug-likeness (QED) is 0.504. The third-order valence-electron chi connectivity index (χ3n) is 2.72. The largest absolute Gasteiger partial charge is 0.501 e. The van der Waals surface area contributed by atoms with Crippen LogP contribution in [0.25, 0.3) is 0 Å². The zero-order valence-corrected chi connectivity index (χ0v) is 9.82. The summed E-state index contributed by atoms with van der Waals surface area (Å²) in [5.41, 5.74) is 0.123. The first kappa shape index (κ1) is 12.7. The monoisotopic (exact) mass is 263 g/mol. The molecule has 0 saturated heterocycles. The van der Waals surface area contributed by atoms with Gasteiger partial charge in [0.25, 0.3) is 5.69 Å². The van der Waals surface area contributed by atoms with Crippen molar-refractivity contribution < 1.29 is 24.4 Å². The molecule has 0 bridgehead atoms. The fourth-order valence-electron chi connectivity index (χ4n) is 1.81. The van der Waals surface area contributed by atoms with Crippen LogP contribution in [-0.4, -0.2) is 21.8 Å². The van der Waals surface area contributed by atoms with E-state index in [-0.39, 0.29) is 11.3 Å². The zero-order chi connectivity index (χ0) is 14.2. The highest BCUT2D eigenvalue weighted by Crippen LogP contribution is 2.35. The maximum Gasteiger partial charge on any atom is 0.374 e. The van der Waals surface area contributed by atoms with Crippen LogP contribution in [0.5, 0.6) is 0 Å². The minimum Gasteiger partial charge on any atom is -0.501 e. The van der Waals surface area contributed by atoms with Gasteiger partial charge in [0, 0.05) is 12.1 Å². The second kappa shape index (κ2) is 4.52. The predicted octanol–water partition coefficient (Wildman–Crippen LogP) is 1.59. The van der Waals surface area contributed by atoms with Crippen molar-refractivity contribution in [3.8, 4) is 0 Å². The first-order valence-electron chi connectivity index (χ1n) is 5.31. The van der Waals surface area contributed by atoms with Crippen LogP contribution in [0.4, 0.5) is 5.69 Å². The van der Waals surface area contributed by atoms with Gasteiger partial charge in [-0.3, -0.25) is 14.9 Å². The molecule has 0 saturated carbocycles. The van der Waals surface area contributed by atoms with Crippen LogP contribution in [0, 0.1) is 10.1 Å². The number of ether oxygens (including phenoxy) is 1. The third kappa shape index (κ3) is 2.17. The van der Waals surface area contributed by atoms with Crippen LogP contribution in [0.2, 0.25) is 0 Å². The lowest BCUT2D eigenvalue weighted by Crippen LogP contribution is -2.08. The van der Waals surface area contributed by atoms with E-state index < -0.39 is 28.5 Å². The number of hydrogen-bond donors (Lipinski definition) is 1. The van der Waals surface area contributed by atoms with Gasteiger partial charge in [0.05, 0.1) is 10.5 Å². The molecule has 0 aromatic heterocycles. The molecule has 19 heavy (non-hydrogen) atoms. The van der Waals surface area contributed by atoms with E-state index in [1.165, 1.54) is 31.2 Å². The van der Waals surface area contributed by atoms with Crippen molar-refractivity contribution >= 4 is 17.4 Å². The second-order valence-corrected chi connectivity index (χ2v) is 3.95. The molecule has 2 rings (SSSR count). The van der Waals surface area contributed by atoms with Gasteiger partial charge in [0.1, 0.15) is 0 Å². The number of carbonyl (C=O) groups is 2. The average molecular weight is 263 g/mol. The summed E-state index contributed by atoms with van der Waals surface area (Å²) in [4.78, 5) is 32.6. The number of nitro groups is 1. The lowest BCUT2D eigenvalue weighted by atomic mass is 9.99. The summed E-state index contributed by atoms with van der Waals surface area (Å²) >= 11 is 0. The Labute approximate surface area is 107 Å². The van der Waals surface area contributed by atoms with Crippen molar-refractivity contribution in [2.24, 2.45) is 0 Å². The zero-order valence-electron chi connectivity index (χ0n) is 9.82. The van der Waals surface area contributed by atoms with Gasteiger partial charge in [0.2, 0.25) is 5.76 Å². The predicted molar refractivity (Wildman–Crippen MR) is 62.3 cm³/mol. The molecule has 98 valence electrons. The molecule has 7 nitrogen and oxygen atoms in total. The van der Waals surface area contributed by atoms with Gasteiger partial charge in [0.15, 0.2) is 11.9 Å². The molecule has 0 unspecified atom stereocenters. The van der Waals surface area contributed by atoms with E-state index in [0.717, 1.165) is 0 Å². The number of non-ortho nitro benzene ring substituents is 1. The number of carbonyl (C=O) groups excluding carboxylic acids is 2. The topological polar surface area (TPSA) is 107 Å². The number of ketones is 1. The van der Waals surface area contributed by atoms with Crippen molar-refractivity contribution in [1.82, 2.24) is 0 Å². The Balaban J connectivity index is 2.40. The Kier molecular flexibility index (Phi) is 3.04. The SMILES string of the molecule is CC(=O)C1=C(O)C(=O)O[C@H]1c1ccc([N+](=O)[O-])cc1. The van der Waals surface area contributed by atoms with Gasteiger partial charge < -0.3 is 9.84 Å². The number of rotatable bonds is 3. The van der Waals surface area contributed by atoms with E-state index in [4.69, 9.17) is 4.74 Å². The van der Waals surface area contributed by atoms with Gasteiger partial charge in [-0.25, -0.2) is 4.79 Å². The van der Waals surface area contributed by atoms with Gasteiger partial charge >= 0.3 is 5.97 Å². The van der Waals surface area contributed by atoms with Crippen molar-refractivity contribution in [3.63, 3.8) is 0 Å². The molecular weight excluding hydrogens is 254 g/mol. The van der Waals surface area contributed by atoms with Gasteiger partial charge in [-0.15, -0.1) is 0 Å². The minimum absolute atomic E-state index is 0.120. The van der Waals surface area contributed by atoms with Gasteiger partial charge in [-0.2, -0.15) is 0 Å². The fourth-order valence-corrected chi connectivity index (χ4v) is 1.81. The highest BCUT2D eigenvalue weighted by atomic mass is 16.6. The highest BCUT2D eigenvalue weighted by Gasteiger charge is 2.37. The van der Waals surface area contributed by atoms with Crippen LogP contribution in [-0.2, 0) is 14.3 Å². The molecule has 1 aliphatic heterocycles. The second-order valence-electron chi connectivity index (χ2n) is 3.95. The number of esters is 1. The molecule has 0 aliphatic carbocycles. The summed E-state index contributed by atoms with van der Waals surface area (Å²) in [5, 5.41) is 20.0. The number of aliphatic hydroxyl groups is 1. The molecule has 0 fully saturated rings. The maximum absolute atomic E-state index is 11.4. The van der Waals surface area contributed by atoms with E-state index in [1.807, 2.05) is 0 Å². The molecule has 1 aromatic carbocycles. The molecule has 1 atom stereocenters. The van der Waals surface area contributed by atoms with Gasteiger partial charge in [-0.05, 0) is 24.6 Å². The first-order chi connectivity index (χ1) is 8.91. The molecule has 1 aromatic rings. The third-order valence-corrected chi connectivity index (χ3v) is 2.72. The van der Waals surface area contributed by atoms with Crippen LogP contribution in [0.3, 0.4) is 0 Å². The Bertz CT molecular complexity index is 601. The Morgan fingerprint density at radius 2 is 1.95 bits per heavy atom. The van der Waals surface area contributed by atoms with E-state index in [1.54, 1.807) is 0 Å². The molecule has 1 heterocycles. The number of benzene rings is 1. The summed E-state index contributed by atoms with van der Waals surface area (Å²) in [7, 11) is 0. The summed E-state index contributed by atoms with van der Waals surface area (Å²) in [5.74, 6) is -2.18. The Morgan fingerprint density at radius 1 is 1.37 bits per heavy atom. The lowest BCUT2D eigenvalue weighted by Gasteiger charge is -2.11. The van der Waals surface area contributed by atoms with Crippen molar-refractivity contribution in [3.05, 3.63) is 51.3 Å². The summed E-state index contributed by atoms with van der Waals surface area (Å²) < 4.78 is 4.88. The van der Waals surface area contributed by atoms with Crippen molar-refractivity contribution in [2.75, 3.05) is 0 Å². The summed E-state index contributed by atoms with van der Waals surface area (Å²) in [6, 6.07) is 5.21. The van der Waals surface area contributed by atoms with Crippen LogP contribution < -0.4 is 0 Å². The minimum atomic E-state index is -1.02. The number of nitrogens with zero attached hydrogens (tertiary/aromatic N) is 1. The smallest absolute Gasteiger partial charge is 0.374 e. The average Bonchev–Trinajstić information content (AvgIpc) is 2.66. The molecular formula is C12H9NO6. The molecule has 1 aliphatic rings. The number of aliphatic hydroxyl groups excluding tert-OH is 1. The summed E-state index contributed by atoms with van der Waals surface area (Å²) in [6.07, 6.45) is -1.02. The first-order valence-corrected chi connectivity index (χ1v) is 5.31. The maximum atomic E-state index is 11.4. The van der Waals surface area contributed by atoms with E-state index in [0.29, 0.717) is 5.56 Å². The Morgan fingerprint density at radius 3 is 2.42 bits per heavy atom. The van der Waals surface area contributed by atoms with Crippen molar-refractivity contribution in [1.29, 1.82) is 0 Å². The van der Waals surface area contributed by atoms with E-state index in [9.17, 15) is 24.8 Å². The van der Waals surface area contributed by atoms with Crippen LogP contribution in [0.1, 0.15) is 18.6 Å². The van der Waals surface area contributed by atoms with E-state index in [2.05, 4.69) is 0 Å². The standard InChI is InChI=1S/C12H9NO6/c1-6(14)9-10(15)12(16)19-11(9)7-2-4-8(5-3-7)13(17)18/h2-5,11,15H,1H3/t11-/m0/s1. The van der Waals surface area contributed by atoms with Crippen LogP contribution >= 0.6 is 0 Å². The van der Waals surface area contributed by atoms with E-state index >= 15 is 0 Å². The molecule has 1 N–H and O–H groups in total.